The summed E-state index contributed by atoms with van der Waals surface area (Å²) in [5.74, 6) is -6.03. The molecule has 2 unspecified atom stereocenters. The van der Waals surface area contributed by atoms with Crippen LogP contribution in [0, 0.1) is 39.5 Å². The Morgan fingerprint density at radius 2 is 1.75 bits per heavy atom. The zero-order chi connectivity index (χ0) is 41.0. The number of fused-ring (bicyclic) bond motifs is 1. The number of nitrogens with zero attached hydrogens (tertiary/aromatic N) is 4. The van der Waals surface area contributed by atoms with E-state index in [-0.39, 0.29) is 68.3 Å². The Kier molecular flexibility index (Phi) is 10.9. The van der Waals surface area contributed by atoms with Gasteiger partial charge in [-0.15, -0.1) is 23.1 Å². The molecule has 0 radical (unpaired) electrons. The minimum atomic E-state index is -1.84. The summed E-state index contributed by atoms with van der Waals surface area (Å²) in [6.45, 7) is 9.88. The second-order valence-electron chi connectivity index (χ2n) is 15.1. The minimum Gasteiger partial charge on any atom is -0.483 e. The molecule has 1 aliphatic carbocycles. The summed E-state index contributed by atoms with van der Waals surface area (Å²) in [6, 6.07) is 0.880. The number of thiazole rings is 1. The molecule has 16 nitrogen and oxygen atoms in total. The standard InChI is InChI=1S/C38H43N5O11S2/c1-18-7-8-22(20(3)19(18)2)29(45)15-41-11-12-42(36(41)53)35(52)40-26-9-10-43(32(26)47)38(34(50)51)14-24-30(46)23(31(24)56-38)13-28(44)25(27-17-55-21(4)39-27)16-54-37(5,6)33(48)49/h7-8,16-17,23-24,26,31H,9-15H2,1-6H3,(H,40,52)(H,48,49)(H,50,51)/b25-16-/t23-,24?,26?,31-,38-/m1/s1. The summed E-state index contributed by atoms with van der Waals surface area (Å²) in [4.78, 5) is 111. The Bertz CT molecular complexity index is 2100. The van der Waals surface area contributed by atoms with E-state index in [0.29, 0.717) is 10.6 Å². The lowest BCUT2D eigenvalue weighted by atomic mass is 9.68. The number of ether oxygens (including phenoxy) is 1. The summed E-state index contributed by atoms with van der Waals surface area (Å²) < 4.78 is 5.45. The van der Waals surface area contributed by atoms with E-state index in [4.69, 9.17) is 4.74 Å². The van der Waals surface area contributed by atoms with Crippen LogP contribution in [0.3, 0.4) is 0 Å². The van der Waals surface area contributed by atoms with Crippen molar-refractivity contribution in [1.29, 1.82) is 0 Å². The van der Waals surface area contributed by atoms with Gasteiger partial charge in [-0.05, 0) is 64.7 Å². The maximum atomic E-state index is 13.8. The number of hydrogen-bond acceptors (Lipinski definition) is 12. The van der Waals surface area contributed by atoms with Gasteiger partial charge in [0.25, 0.3) is 0 Å². The molecule has 1 aromatic carbocycles. The van der Waals surface area contributed by atoms with Gasteiger partial charge in [0.1, 0.15) is 11.8 Å². The lowest BCUT2D eigenvalue weighted by molar-refractivity contribution is -0.155. The fraction of sp³-hybridized carbons (Fsp3) is 0.500. The number of benzene rings is 1. The Hall–Kier alpha value is -5.10. The molecule has 3 N–H and O–H groups in total. The smallest absolute Gasteiger partial charge is 0.347 e. The quantitative estimate of drug-likeness (QED) is 0.150. The molecule has 1 saturated carbocycles. The number of carboxylic acid groups (broad SMARTS) is 2. The Morgan fingerprint density at radius 1 is 1.04 bits per heavy atom. The summed E-state index contributed by atoms with van der Waals surface area (Å²) >= 11 is 2.20. The first-order valence-corrected chi connectivity index (χ1v) is 19.8. The van der Waals surface area contributed by atoms with Crippen LogP contribution in [0.4, 0.5) is 9.59 Å². The van der Waals surface area contributed by atoms with Crippen LogP contribution in [0.2, 0.25) is 0 Å². The molecule has 4 aliphatic rings. The second-order valence-corrected chi connectivity index (χ2v) is 17.6. The lowest BCUT2D eigenvalue weighted by Gasteiger charge is -2.37. The number of likely N-dealkylation sites (tertiary alicyclic amines) is 1. The van der Waals surface area contributed by atoms with Crippen LogP contribution in [-0.2, 0) is 28.7 Å². The highest BCUT2D eigenvalue weighted by Gasteiger charge is 2.67. The van der Waals surface area contributed by atoms with E-state index in [9.17, 15) is 48.6 Å². The second kappa shape index (κ2) is 15.1. The number of hydrogen-bond donors (Lipinski definition) is 3. The molecule has 1 aromatic heterocycles. The number of aryl methyl sites for hydroxylation is 2. The minimum absolute atomic E-state index is 0.0165. The lowest BCUT2D eigenvalue weighted by Crippen LogP contribution is -2.55. The number of ketones is 3. The van der Waals surface area contributed by atoms with Crippen LogP contribution in [0.1, 0.15) is 70.9 Å². The molecule has 5 atom stereocenters. The van der Waals surface area contributed by atoms with Gasteiger partial charge < -0.3 is 30.1 Å². The molecule has 298 valence electrons. The van der Waals surface area contributed by atoms with Crippen molar-refractivity contribution in [2.24, 2.45) is 11.8 Å². The number of allylic oxidation sites excluding steroid dienone is 1. The third-order valence-electron chi connectivity index (χ3n) is 11.2. The topological polar surface area (TPSA) is 221 Å². The van der Waals surface area contributed by atoms with Crippen LogP contribution in [0.5, 0.6) is 0 Å². The van der Waals surface area contributed by atoms with Gasteiger partial charge >= 0.3 is 24.0 Å². The first-order valence-electron chi connectivity index (χ1n) is 18.1. The Balaban J connectivity index is 1.10. The molecule has 3 aliphatic heterocycles. The normalized spacial score (nSPS) is 25.0. The zero-order valence-corrected chi connectivity index (χ0v) is 33.4. The number of carbonyl (C=O) groups excluding carboxylic acids is 6. The Labute approximate surface area is 330 Å². The van der Waals surface area contributed by atoms with Gasteiger partial charge in [0.15, 0.2) is 22.0 Å². The third kappa shape index (κ3) is 7.19. The SMILES string of the molecule is Cc1nc(/C(=C/OC(C)(C)C(=O)O)C(=O)C[C@@H]2C(=O)C3C[C@@](C(=O)O)(N4CCC(NC(=O)N5CCN(CC(=O)c6ccc(C)c(C)c6C)C5=O)C4=O)S[C@@H]32)cs1. The number of aliphatic carboxylic acids is 2. The molecule has 4 fully saturated rings. The van der Waals surface area contributed by atoms with E-state index in [0.717, 1.165) is 44.5 Å². The van der Waals surface area contributed by atoms with Crippen LogP contribution >= 0.6 is 23.1 Å². The molecule has 56 heavy (non-hydrogen) atoms. The number of thioether (sulfide) groups is 1. The van der Waals surface area contributed by atoms with Crippen LogP contribution in [-0.4, -0.2) is 125 Å². The number of urea groups is 2. The predicted molar refractivity (Wildman–Crippen MR) is 203 cm³/mol. The number of carbonyl (C=O) groups is 8. The molecule has 2 aromatic rings. The molecular weight excluding hydrogens is 767 g/mol. The zero-order valence-electron chi connectivity index (χ0n) is 31.7. The van der Waals surface area contributed by atoms with Crippen LogP contribution in [0.25, 0.3) is 5.57 Å². The molecule has 0 bridgehead atoms. The highest BCUT2D eigenvalue weighted by molar-refractivity contribution is 8.02. The van der Waals surface area contributed by atoms with Gasteiger partial charge in [0.05, 0.1) is 29.1 Å². The van der Waals surface area contributed by atoms with Gasteiger partial charge in [-0.1, -0.05) is 12.1 Å². The monoisotopic (exact) mass is 809 g/mol. The summed E-state index contributed by atoms with van der Waals surface area (Å²) in [7, 11) is 0. The number of amides is 5. The fourth-order valence-corrected chi connectivity index (χ4v) is 10.1. The van der Waals surface area contributed by atoms with Crippen LogP contribution < -0.4 is 5.32 Å². The van der Waals surface area contributed by atoms with Gasteiger partial charge in [-0.3, -0.25) is 19.2 Å². The van der Waals surface area contributed by atoms with E-state index in [2.05, 4.69) is 10.3 Å². The number of aromatic nitrogens is 1. The summed E-state index contributed by atoms with van der Waals surface area (Å²) in [5, 5.41) is 24.2. The highest BCUT2D eigenvalue weighted by Crippen LogP contribution is 2.59. The molecule has 3 saturated heterocycles. The van der Waals surface area contributed by atoms with Gasteiger partial charge in [-0.25, -0.2) is 29.1 Å². The predicted octanol–water partition coefficient (Wildman–Crippen LogP) is 3.59. The average Bonchev–Trinajstić information content (AvgIpc) is 3.92. The van der Waals surface area contributed by atoms with Crippen LogP contribution in [0.15, 0.2) is 23.8 Å². The van der Waals surface area contributed by atoms with E-state index in [1.807, 2.05) is 26.8 Å². The van der Waals surface area contributed by atoms with Crippen molar-refractivity contribution < 1.29 is 53.3 Å². The first kappa shape index (κ1) is 40.6. The van der Waals surface area contributed by atoms with Gasteiger partial charge in [-0.2, -0.15) is 0 Å². The number of rotatable bonds is 13. The van der Waals surface area contributed by atoms with Crippen molar-refractivity contribution in [3.8, 4) is 0 Å². The van der Waals surface area contributed by atoms with E-state index in [1.54, 1.807) is 18.4 Å². The number of imide groups is 1. The molecule has 18 heteroatoms. The van der Waals surface area contributed by atoms with Crippen molar-refractivity contribution in [2.45, 2.75) is 82.6 Å². The molecule has 5 amide bonds. The van der Waals surface area contributed by atoms with Crippen molar-refractivity contribution in [2.75, 3.05) is 26.2 Å². The first-order chi connectivity index (χ1) is 26.3. The summed E-state index contributed by atoms with van der Waals surface area (Å²) in [6.07, 6.45) is 0.581. The number of carboxylic acids is 2. The molecule has 0 spiro atoms. The highest BCUT2D eigenvalue weighted by atomic mass is 32.2. The van der Waals surface area contributed by atoms with Crippen molar-refractivity contribution in [3.63, 3.8) is 0 Å². The molecule has 4 heterocycles. The Morgan fingerprint density at radius 3 is 2.39 bits per heavy atom. The van der Waals surface area contributed by atoms with Crippen molar-refractivity contribution >= 4 is 75.9 Å². The number of nitrogens with one attached hydrogen (secondary N) is 1. The van der Waals surface area contributed by atoms with Crippen molar-refractivity contribution in [1.82, 2.24) is 25.0 Å². The molecule has 6 rings (SSSR count). The van der Waals surface area contributed by atoms with E-state index in [1.165, 1.54) is 30.1 Å². The fourth-order valence-electron chi connectivity index (χ4n) is 7.51. The number of Topliss-reactive ketones (excluding diaryl/α,β-unsaturated/α-hetero) is 3. The summed E-state index contributed by atoms with van der Waals surface area (Å²) in [5.41, 5.74) is 1.88. The average molecular weight is 810 g/mol. The molecular formula is C38H43N5O11S2. The maximum absolute atomic E-state index is 13.8. The maximum Gasteiger partial charge on any atom is 0.347 e. The largest absolute Gasteiger partial charge is 0.483 e. The van der Waals surface area contributed by atoms with Gasteiger partial charge in [0.2, 0.25) is 5.91 Å². The van der Waals surface area contributed by atoms with Crippen molar-refractivity contribution in [3.05, 3.63) is 56.7 Å². The third-order valence-corrected chi connectivity index (χ3v) is 13.9. The van der Waals surface area contributed by atoms with E-state index < -0.39 is 69.3 Å². The van der Waals surface area contributed by atoms with E-state index >= 15 is 0 Å². The van der Waals surface area contributed by atoms with Gasteiger partial charge in [0, 0.05) is 60.5 Å².